The summed E-state index contributed by atoms with van der Waals surface area (Å²) in [6.07, 6.45) is 1.26. The summed E-state index contributed by atoms with van der Waals surface area (Å²) in [5.74, 6) is -4.32. The number of halogens is 3. The molecule has 1 fully saturated rings. The summed E-state index contributed by atoms with van der Waals surface area (Å²) in [6.45, 7) is -0.670. The molecule has 150 valence electrons. The first kappa shape index (κ1) is 21.2. The first-order chi connectivity index (χ1) is 12.9. The molecular formula is C18H21F3O6. The lowest BCUT2D eigenvalue weighted by Crippen LogP contribution is -2.40. The van der Waals surface area contributed by atoms with Crippen molar-refractivity contribution in [2.24, 2.45) is 5.92 Å². The fourth-order valence-corrected chi connectivity index (χ4v) is 2.36. The van der Waals surface area contributed by atoms with E-state index in [1.165, 1.54) is 0 Å². The zero-order valence-electron chi connectivity index (χ0n) is 14.8. The largest absolute Gasteiger partial charge is 0.426 e. The first-order valence-electron chi connectivity index (χ1n) is 8.62. The normalized spacial score (nSPS) is 19.6. The van der Waals surface area contributed by atoms with Crippen LogP contribution in [-0.4, -0.2) is 38.3 Å². The Hall–Kier alpha value is -2.13. The average Bonchev–Trinajstić information content (AvgIpc) is 2.62. The van der Waals surface area contributed by atoms with Crippen LogP contribution in [0.15, 0.2) is 12.1 Å². The summed E-state index contributed by atoms with van der Waals surface area (Å²) in [6, 6.07) is 1.91. The van der Waals surface area contributed by atoms with Crippen molar-refractivity contribution in [2.75, 3.05) is 19.9 Å². The molecule has 1 saturated heterocycles. The van der Waals surface area contributed by atoms with E-state index in [2.05, 4.69) is 4.74 Å². The molecule has 6 nitrogen and oxygen atoms in total. The summed E-state index contributed by atoms with van der Waals surface area (Å²) in [7, 11) is 0. The molecule has 0 unspecified atom stereocenters. The maximum Gasteiger partial charge on any atom is 0.319 e. The number of benzene rings is 1. The van der Waals surface area contributed by atoms with Crippen molar-refractivity contribution < 1.29 is 41.7 Å². The number of alkyl halides is 1. The molecule has 1 aromatic rings. The average molecular weight is 390 g/mol. The minimum Gasteiger partial charge on any atom is -0.426 e. The number of esters is 2. The highest BCUT2D eigenvalue weighted by molar-refractivity contribution is 5.75. The molecule has 1 heterocycles. The maximum atomic E-state index is 14.0. The topological polar surface area (TPSA) is 71.1 Å². The zero-order valence-corrected chi connectivity index (χ0v) is 14.8. The van der Waals surface area contributed by atoms with Gasteiger partial charge >= 0.3 is 18.4 Å². The van der Waals surface area contributed by atoms with Gasteiger partial charge in [0.05, 0.1) is 26.3 Å². The third kappa shape index (κ3) is 6.21. The van der Waals surface area contributed by atoms with Gasteiger partial charge in [-0.25, -0.2) is 8.78 Å². The molecule has 27 heavy (non-hydrogen) atoms. The van der Waals surface area contributed by atoms with Gasteiger partial charge < -0.3 is 18.9 Å². The van der Waals surface area contributed by atoms with Gasteiger partial charge in [0.15, 0.2) is 0 Å². The smallest absolute Gasteiger partial charge is 0.319 e. The van der Waals surface area contributed by atoms with E-state index in [0.29, 0.717) is 6.42 Å². The standard InChI is InChI=1S/C18H21F3O6/c1-2-3-4-13-14(20)7-12(8-15(13)21)26-17(23)11-9-24-18(25-10-11)27-16(22)5-6-19/h7-8,11,18H,2-6,9-10H2,1H3. The molecule has 0 bridgehead atoms. The van der Waals surface area contributed by atoms with E-state index in [9.17, 15) is 22.8 Å². The Bertz CT molecular complexity index is 635. The molecule has 0 amide bonds. The monoisotopic (exact) mass is 390 g/mol. The summed E-state index contributed by atoms with van der Waals surface area (Å²) in [5, 5.41) is 0. The summed E-state index contributed by atoms with van der Waals surface area (Å²) in [4.78, 5) is 23.2. The predicted octanol–water partition coefficient (Wildman–Crippen LogP) is 3.06. The second kappa shape index (κ2) is 10.3. The predicted molar refractivity (Wildman–Crippen MR) is 86.5 cm³/mol. The molecule has 1 aliphatic rings. The molecule has 9 heteroatoms. The second-order valence-corrected chi connectivity index (χ2v) is 5.97. The molecule has 0 saturated carbocycles. The van der Waals surface area contributed by atoms with Gasteiger partial charge in [0.25, 0.3) is 0 Å². The minimum atomic E-state index is -1.33. The van der Waals surface area contributed by atoms with Crippen molar-refractivity contribution >= 4 is 11.9 Å². The molecule has 1 aliphatic heterocycles. The van der Waals surface area contributed by atoms with Crippen LogP contribution in [0.4, 0.5) is 13.2 Å². The number of carbonyl (C=O) groups is 2. The number of unbranched alkanes of at least 4 members (excludes halogenated alkanes) is 1. The van der Waals surface area contributed by atoms with E-state index in [1.54, 1.807) is 0 Å². The van der Waals surface area contributed by atoms with Crippen molar-refractivity contribution in [3.8, 4) is 5.75 Å². The van der Waals surface area contributed by atoms with Crippen LogP contribution in [0.1, 0.15) is 31.7 Å². The van der Waals surface area contributed by atoms with Crippen LogP contribution in [-0.2, 0) is 30.2 Å². The summed E-state index contributed by atoms with van der Waals surface area (Å²) < 4.78 is 59.8. The van der Waals surface area contributed by atoms with E-state index in [1.807, 2.05) is 6.92 Å². The van der Waals surface area contributed by atoms with E-state index in [0.717, 1.165) is 18.6 Å². The molecule has 0 N–H and O–H groups in total. The van der Waals surface area contributed by atoms with Crippen LogP contribution in [0, 0.1) is 17.6 Å². The molecule has 0 spiro atoms. The lowest BCUT2D eigenvalue weighted by molar-refractivity contribution is -0.306. The van der Waals surface area contributed by atoms with Gasteiger partial charge in [0.1, 0.15) is 23.3 Å². The zero-order chi connectivity index (χ0) is 19.8. The fraction of sp³-hybridized carbons (Fsp3) is 0.556. The van der Waals surface area contributed by atoms with Crippen LogP contribution >= 0.6 is 0 Å². The van der Waals surface area contributed by atoms with Crippen LogP contribution in [0.5, 0.6) is 5.75 Å². The van der Waals surface area contributed by atoms with Gasteiger partial charge in [-0.2, -0.15) is 0 Å². The summed E-state index contributed by atoms with van der Waals surface area (Å²) >= 11 is 0. The van der Waals surface area contributed by atoms with Crippen LogP contribution in [0.2, 0.25) is 0 Å². The second-order valence-electron chi connectivity index (χ2n) is 5.97. The molecule has 0 radical (unpaired) electrons. The third-order valence-electron chi connectivity index (χ3n) is 3.84. The SMILES string of the molecule is CCCCc1c(F)cc(OC(=O)C2COC(OC(=O)CCF)OC2)cc1F. The lowest BCUT2D eigenvalue weighted by Gasteiger charge is -2.27. The van der Waals surface area contributed by atoms with E-state index in [-0.39, 0.29) is 30.9 Å². The molecule has 0 atom stereocenters. The van der Waals surface area contributed by atoms with Crippen molar-refractivity contribution in [1.82, 2.24) is 0 Å². The molecule has 2 rings (SSSR count). The number of ether oxygens (including phenoxy) is 4. The van der Waals surface area contributed by atoms with Crippen LogP contribution in [0.3, 0.4) is 0 Å². The van der Waals surface area contributed by atoms with Gasteiger partial charge in [-0.05, 0) is 12.8 Å². The van der Waals surface area contributed by atoms with Crippen LogP contribution < -0.4 is 4.74 Å². The number of carbonyl (C=O) groups excluding carboxylic acids is 2. The van der Waals surface area contributed by atoms with E-state index >= 15 is 0 Å². The Morgan fingerprint density at radius 1 is 1.19 bits per heavy atom. The summed E-state index contributed by atoms with van der Waals surface area (Å²) in [5.41, 5.74) is -0.0427. The quantitative estimate of drug-likeness (QED) is 0.502. The molecule has 0 aliphatic carbocycles. The number of hydrogen-bond acceptors (Lipinski definition) is 6. The Balaban J connectivity index is 1.88. The number of hydrogen-bond donors (Lipinski definition) is 0. The Kier molecular flexibility index (Phi) is 8.05. The highest BCUT2D eigenvalue weighted by atomic mass is 19.1. The van der Waals surface area contributed by atoms with Crippen molar-refractivity contribution in [2.45, 2.75) is 39.1 Å². The maximum absolute atomic E-state index is 14.0. The Morgan fingerprint density at radius 3 is 2.37 bits per heavy atom. The number of rotatable bonds is 8. The van der Waals surface area contributed by atoms with E-state index < -0.39 is 49.1 Å². The van der Waals surface area contributed by atoms with Crippen molar-refractivity contribution in [3.05, 3.63) is 29.3 Å². The van der Waals surface area contributed by atoms with Gasteiger partial charge in [0.2, 0.25) is 0 Å². The van der Waals surface area contributed by atoms with Gasteiger partial charge in [-0.1, -0.05) is 13.3 Å². The van der Waals surface area contributed by atoms with Gasteiger partial charge in [-0.3, -0.25) is 14.0 Å². The molecular weight excluding hydrogens is 369 g/mol. The van der Waals surface area contributed by atoms with Crippen molar-refractivity contribution in [1.29, 1.82) is 0 Å². The van der Waals surface area contributed by atoms with Crippen LogP contribution in [0.25, 0.3) is 0 Å². The molecule has 0 aromatic heterocycles. The first-order valence-corrected chi connectivity index (χ1v) is 8.62. The highest BCUT2D eigenvalue weighted by Crippen LogP contribution is 2.24. The fourth-order valence-electron chi connectivity index (χ4n) is 2.36. The minimum absolute atomic E-state index is 0.0427. The molecule has 1 aromatic carbocycles. The van der Waals surface area contributed by atoms with E-state index in [4.69, 9.17) is 14.2 Å². The highest BCUT2D eigenvalue weighted by Gasteiger charge is 2.31. The third-order valence-corrected chi connectivity index (χ3v) is 3.84. The Labute approximate surface area is 154 Å². The lowest BCUT2D eigenvalue weighted by atomic mass is 10.1. The van der Waals surface area contributed by atoms with Gasteiger partial charge in [-0.15, -0.1) is 0 Å². The van der Waals surface area contributed by atoms with Gasteiger partial charge in [0, 0.05) is 17.7 Å². The Morgan fingerprint density at radius 2 is 1.81 bits per heavy atom. The van der Waals surface area contributed by atoms with Crippen molar-refractivity contribution in [3.63, 3.8) is 0 Å².